The van der Waals surface area contributed by atoms with E-state index in [1.807, 2.05) is 13.1 Å². The second-order valence-corrected chi connectivity index (χ2v) is 5.55. The van der Waals surface area contributed by atoms with Gasteiger partial charge >= 0.3 is 0 Å². The molecule has 21 heavy (non-hydrogen) atoms. The monoisotopic (exact) mass is 289 g/mol. The molecule has 1 N–H and O–H groups in total. The van der Waals surface area contributed by atoms with Gasteiger partial charge in [0.05, 0.1) is 6.54 Å². The van der Waals surface area contributed by atoms with E-state index in [0.29, 0.717) is 6.04 Å². The number of likely N-dealkylation sites (tertiary alicyclic amines) is 1. The average Bonchev–Trinajstić information content (AvgIpc) is 2.96. The van der Waals surface area contributed by atoms with E-state index < -0.39 is 0 Å². The molecule has 1 saturated heterocycles. The zero-order valence-corrected chi connectivity index (χ0v) is 12.2. The maximum atomic E-state index is 12.9. The topological polar surface area (TPSA) is 41.3 Å². The first-order valence-electron chi connectivity index (χ1n) is 7.36. The van der Waals surface area contributed by atoms with Gasteiger partial charge in [-0.1, -0.05) is 5.16 Å². The quantitative estimate of drug-likeness (QED) is 0.939. The van der Waals surface area contributed by atoms with E-state index in [4.69, 9.17) is 4.52 Å². The Balaban J connectivity index is 1.66. The first kappa shape index (κ1) is 14.2. The van der Waals surface area contributed by atoms with Crippen molar-refractivity contribution in [3.63, 3.8) is 0 Å². The number of aromatic nitrogens is 1. The summed E-state index contributed by atoms with van der Waals surface area (Å²) in [6.45, 7) is 2.89. The van der Waals surface area contributed by atoms with Crippen LogP contribution in [-0.2, 0) is 6.54 Å². The SMILES string of the molecule is CNC1CCCN(Cc2cc(-c3ccc(F)cc3)no2)C1. The third-order valence-electron chi connectivity index (χ3n) is 3.99. The van der Waals surface area contributed by atoms with Gasteiger partial charge in [-0.25, -0.2) is 4.39 Å². The molecule has 0 spiro atoms. The largest absolute Gasteiger partial charge is 0.359 e. The van der Waals surface area contributed by atoms with Crippen molar-refractivity contribution < 1.29 is 8.91 Å². The van der Waals surface area contributed by atoms with Gasteiger partial charge in [-0.3, -0.25) is 4.90 Å². The molecule has 0 aliphatic carbocycles. The maximum absolute atomic E-state index is 12.9. The lowest BCUT2D eigenvalue weighted by molar-refractivity contribution is 0.170. The highest BCUT2D eigenvalue weighted by Gasteiger charge is 2.19. The normalized spacial score (nSPS) is 19.8. The summed E-state index contributed by atoms with van der Waals surface area (Å²) in [6, 6.07) is 8.80. The number of hydrogen-bond acceptors (Lipinski definition) is 4. The number of piperidine rings is 1. The molecule has 0 saturated carbocycles. The van der Waals surface area contributed by atoms with Crippen LogP contribution in [0, 0.1) is 5.82 Å². The number of benzene rings is 1. The highest BCUT2D eigenvalue weighted by atomic mass is 19.1. The molecule has 4 nitrogen and oxygen atoms in total. The Kier molecular flexibility index (Phi) is 4.31. The minimum absolute atomic E-state index is 0.242. The molecule has 1 unspecified atom stereocenters. The number of rotatable bonds is 4. The summed E-state index contributed by atoms with van der Waals surface area (Å²) in [7, 11) is 2.01. The molecule has 1 aromatic heterocycles. The number of nitrogens with one attached hydrogen (secondary N) is 1. The van der Waals surface area contributed by atoms with Gasteiger partial charge < -0.3 is 9.84 Å². The Morgan fingerprint density at radius 1 is 1.38 bits per heavy atom. The van der Waals surface area contributed by atoms with Gasteiger partial charge in [0.2, 0.25) is 0 Å². The Morgan fingerprint density at radius 3 is 2.95 bits per heavy atom. The van der Waals surface area contributed by atoms with Crippen molar-refractivity contribution in [2.75, 3.05) is 20.1 Å². The summed E-state index contributed by atoms with van der Waals surface area (Å²) < 4.78 is 18.3. The lowest BCUT2D eigenvalue weighted by atomic mass is 10.1. The van der Waals surface area contributed by atoms with Crippen molar-refractivity contribution >= 4 is 0 Å². The van der Waals surface area contributed by atoms with Crippen molar-refractivity contribution in [3.8, 4) is 11.3 Å². The zero-order chi connectivity index (χ0) is 14.7. The summed E-state index contributed by atoms with van der Waals surface area (Å²) in [5, 5.41) is 7.41. The molecular weight excluding hydrogens is 269 g/mol. The van der Waals surface area contributed by atoms with Crippen LogP contribution in [-0.4, -0.2) is 36.2 Å². The smallest absolute Gasteiger partial charge is 0.151 e. The molecular formula is C16H20FN3O. The van der Waals surface area contributed by atoms with Crippen LogP contribution in [0.1, 0.15) is 18.6 Å². The molecule has 112 valence electrons. The van der Waals surface area contributed by atoms with Gasteiger partial charge in [0.25, 0.3) is 0 Å². The minimum Gasteiger partial charge on any atom is -0.359 e. The van der Waals surface area contributed by atoms with E-state index in [1.165, 1.54) is 25.0 Å². The summed E-state index contributed by atoms with van der Waals surface area (Å²) in [4.78, 5) is 2.37. The Labute approximate surface area is 123 Å². The van der Waals surface area contributed by atoms with Crippen LogP contribution in [0.2, 0.25) is 0 Å². The van der Waals surface area contributed by atoms with Crippen molar-refractivity contribution in [3.05, 3.63) is 41.9 Å². The summed E-state index contributed by atoms with van der Waals surface area (Å²) >= 11 is 0. The molecule has 2 heterocycles. The standard InChI is InChI=1S/C16H20FN3O/c1-18-14-3-2-8-20(10-14)11-15-9-16(19-21-15)12-4-6-13(17)7-5-12/h4-7,9,14,18H,2-3,8,10-11H2,1H3. The van der Waals surface area contributed by atoms with E-state index >= 15 is 0 Å². The molecule has 1 aromatic carbocycles. The Bertz CT molecular complexity index is 581. The molecule has 1 fully saturated rings. The van der Waals surface area contributed by atoms with Crippen LogP contribution in [0.5, 0.6) is 0 Å². The minimum atomic E-state index is -0.242. The van der Waals surface area contributed by atoms with E-state index in [9.17, 15) is 4.39 Å². The van der Waals surface area contributed by atoms with Gasteiger partial charge in [-0.05, 0) is 50.7 Å². The van der Waals surface area contributed by atoms with E-state index in [2.05, 4.69) is 15.4 Å². The van der Waals surface area contributed by atoms with Gasteiger partial charge in [-0.2, -0.15) is 0 Å². The van der Waals surface area contributed by atoms with Gasteiger partial charge in [0.1, 0.15) is 11.5 Å². The highest BCUT2D eigenvalue weighted by Crippen LogP contribution is 2.21. The van der Waals surface area contributed by atoms with Crippen molar-refractivity contribution in [1.82, 2.24) is 15.4 Å². The second-order valence-electron chi connectivity index (χ2n) is 5.55. The van der Waals surface area contributed by atoms with Crippen LogP contribution in [0.25, 0.3) is 11.3 Å². The molecule has 3 rings (SSSR count). The first-order valence-corrected chi connectivity index (χ1v) is 7.36. The summed E-state index contributed by atoms with van der Waals surface area (Å²) in [5.41, 5.74) is 1.63. The number of nitrogens with zero attached hydrogens (tertiary/aromatic N) is 2. The van der Waals surface area contributed by atoms with Crippen LogP contribution in [0.3, 0.4) is 0 Å². The van der Waals surface area contributed by atoms with E-state index in [0.717, 1.165) is 36.7 Å². The third-order valence-corrected chi connectivity index (χ3v) is 3.99. The molecule has 2 aromatic rings. The summed E-state index contributed by atoms with van der Waals surface area (Å²) in [6.07, 6.45) is 2.43. The third kappa shape index (κ3) is 3.49. The Hall–Kier alpha value is -1.72. The zero-order valence-electron chi connectivity index (χ0n) is 12.2. The van der Waals surface area contributed by atoms with Crippen LogP contribution >= 0.6 is 0 Å². The number of likely N-dealkylation sites (N-methyl/N-ethyl adjacent to an activating group) is 1. The van der Waals surface area contributed by atoms with Crippen molar-refractivity contribution in [1.29, 1.82) is 0 Å². The van der Waals surface area contributed by atoms with Gasteiger partial charge in [-0.15, -0.1) is 0 Å². The molecule has 1 aliphatic rings. The van der Waals surface area contributed by atoms with Gasteiger partial charge in [0.15, 0.2) is 5.76 Å². The fourth-order valence-corrected chi connectivity index (χ4v) is 2.80. The van der Waals surface area contributed by atoms with Crippen LogP contribution in [0.4, 0.5) is 4.39 Å². The van der Waals surface area contributed by atoms with Crippen LogP contribution in [0.15, 0.2) is 34.9 Å². The predicted molar refractivity (Wildman–Crippen MR) is 79.3 cm³/mol. The summed E-state index contributed by atoms with van der Waals surface area (Å²) in [5.74, 6) is 0.611. The lowest BCUT2D eigenvalue weighted by Gasteiger charge is -2.31. The van der Waals surface area contributed by atoms with Crippen LogP contribution < -0.4 is 5.32 Å². The first-order chi connectivity index (χ1) is 10.2. The Morgan fingerprint density at radius 2 is 2.19 bits per heavy atom. The molecule has 0 amide bonds. The molecule has 1 aliphatic heterocycles. The van der Waals surface area contributed by atoms with Crippen molar-refractivity contribution in [2.24, 2.45) is 0 Å². The predicted octanol–water partition coefficient (Wildman–Crippen LogP) is 2.66. The molecule has 0 bridgehead atoms. The molecule has 1 atom stereocenters. The fourth-order valence-electron chi connectivity index (χ4n) is 2.80. The molecule has 0 radical (unpaired) electrons. The van der Waals surface area contributed by atoms with Gasteiger partial charge in [0, 0.05) is 24.2 Å². The van der Waals surface area contributed by atoms with E-state index in [1.54, 1.807) is 12.1 Å². The maximum Gasteiger partial charge on any atom is 0.151 e. The van der Waals surface area contributed by atoms with E-state index in [-0.39, 0.29) is 5.82 Å². The fraction of sp³-hybridized carbons (Fsp3) is 0.438. The molecule has 5 heteroatoms. The van der Waals surface area contributed by atoms with Crippen molar-refractivity contribution in [2.45, 2.75) is 25.4 Å². The number of hydrogen-bond donors (Lipinski definition) is 1. The number of halogens is 1. The highest BCUT2D eigenvalue weighted by molar-refractivity contribution is 5.58. The second kappa shape index (κ2) is 6.37. The average molecular weight is 289 g/mol. The lowest BCUT2D eigenvalue weighted by Crippen LogP contribution is -2.43.